The van der Waals surface area contributed by atoms with Crippen LogP contribution in [0.3, 0.4) is 0 Å². The molecule has 1 heterocycles. The van der Waals surface area contributed by atoms with Crippen molar-refractivity contribution >= 4 is 74.2 Å². The minimum Gasteiger partial charge on any atom is -0.497 e. The fourth-order valence-corrected chi connectivity index (χ4v) is 5.69. The number of amides is 6. The molecule has 1 fully saturated rings. The number of nitrogens with two attached hydrogens (primary N) is 1. The number of primary sulfonamides is 1. The number of nitrogens with one attached hydrogen (secondary N) is 4. The van der Waals surface area contributed by atoms with E-state index in [9.17, 15) is 42.0 Å². The molecule has 0 unspecified atom stereocenters. The van der Waals surface area contributed by atoms with Gasteiger partial charge in [-0.2, -0.15) is 0 Å². The lowest BCUT2D eigenvalue weighted by Gasteiger charge is -2.25. The molecule has 1 aliphatic rings. The Kier molecular flexibility index (Phi) is 32.7. The van der Waals surface area contributed by atoms with Crippen LogP contribution >= 0.6 is 0 Å². The van der Waals surface area contributed by atoms with Crippen LogP contribution in [-0.4, -0.2) is 107 Å². The summed E-state index contributed by atoms with van der Waals surface area (Å²) in [5.74, 6) is 0.160. The Morgan fingerprint density at radius 2 is 1.06 bits per heavy atom. The lowest BCUT2D eigenvalue weighted by molar-refractivity contribution is -0.130. The van der Waals surface area contributed by atoms with Crippen LogP contribution in [0.5, 0.6) is 11.5 Å². The zero-order chi connectivity index (χ0) is 61.2. The van der Waals surface area contributed by atoms with Crippen LogP contribution in [0.25, 0.3) is 0 Å². The molecule has 0 spiro atoms. The van der Waals surface area contributed by atoms with Crippen molar-refractivity contribution < 1.29 is 56.2 Å². The lowest BCUT2D eigenvalue weighted by atomic mass is 9.89. The molecule has 6 amide bonds. The van der Waals surface area contributed by atoms with Crippen LogP contribution in [0.2, 0.25) is 0 Å². The van der Waals surface area contributed by atoms with E-state index in [4.69, 9.17) is 19.3 Å². The van der Waals surface area contributed by atoms with Crippen molar-refractivity contribution in [2.45, 2.75) is 73.1 Å². The van der Waals surface area contributed by atoms with Crippen LogP contribution in [0.1, 0.15) is 68.2 Å². The first-order chi connectivity index (χ1) is 37.4. The number of hydrogen-bond acceptors (Lipinski definition) is 12. The summed E-state index contributed by atoms with van der Waals surface area (Å²) in [5.41, 5.74) is 2.71. The van der Waals surface area contributed by atoms with E-state index in [0.29, 0.717) is 61.0 Å². The number of methoxy groups -OCH3 is 1. The number of nitrogens with zero attached hydrogens (tertiary/aromatic N) is 2. The third-order valence-corrected chi connectivity index (χ3v) is 12.1. The number of esters is 1. The number of likely N-dealkylation sites (N-methyl/N-ethyl adjacent to an activating group) is 1. The first-order valence-corrected chi connectivity index (χ1v) is 26.6. The van der Waals surface area contributed by atoms with Gasteiger partial charge in [-0.1, -0.05) is 92.6 Å². The minimum absolute atomic E-state index is 0.00306. The topological polar surface area (TPSA) is 262 Å². The number of rotatable bonds is 16. The summed E-state index contributed by atoms with van der Waals surface area (Å²) in [6, 6.07) is 28.8. The zero-order valence-corrected chi connectivity index (χ0v) is 48.9. The number of ether oxygens (including phenoxy) is 3. The summed E-state index contributed by atoms with van der Waals surface area (Å²) in [6.07, 6.45) is 5.39. The van der Waals surface area contributed by atoms with Crippen molar-refractivity contribution in [3.8, 4) is 11.5 Å². The summed E-state index contributed by atoms with van der Waals surface area (Å²) in [7, 11) is 1.29. The molecule has 6 N–H and O–H groups in total. The van der Waals surface area contributed by atoms with Gasteiger partial charge in [0.1, 0.15) is 11.5 Å². The Labute approximate surface area is 473 Å². The van der Waals surface area contributed by atoms with E-state index >= 15 is 0 Å². The van der Waals surface area contributed by atoms with Crippen molar-refractivity contribution in [2.75, 3.05) is 68.8 Å². The number of para-hydroxylation sites is 1. The monoisotopic (exact) mass is 1120 g/mol. The third kappa shape index (κ3) is 29.3. The summed E-state index contributed by atoms with van der Waals surface area (Å²) in [6.45, 7) is 34.5. The highest BCUT2D eigenvalue weighted by Crippen LogP contribution is 2.25. The fraction of sp³-hybridized carbons (Fsp3) is 0.317. The summed E-state index contributed by atoms with van der Waals surface area (Å²) >= 11 is 0. The van der Waals surface area contributed by atoms with Gasteiger partial charge in [-0.05, 0) is 130 Å². The second kappa shape index (κ2) is 36.6. The van der Waals surface area contributed by atoms with Gasteiger partial charge in [-0.3, -0.25) is 28.8 Å². The molecule has 1 saturated heterocycles. The number of carbonyl (C=O) groups excluding carboxylic acids is 7. The Hall–Kier alpha value is -8.46. The predicted octanol–water partition coefficient (Wildman–Crippen LogP) is 9.56. The molecule has 4 aromatic rings. The number of sulfonamides is 1. The van der Waals surface area contributed by atoms with Gasteiger partial charge < -0.3 is 45.3 Å². The van der Waals surface area contributed by atoms with Crippen LogP contribution in [0, 0.1) is 10.8 Å². The van der Waals surface area contributed by atoms with Crippen LogP contribution in [0.15, 0.2) is 170 Å². The molecule has 19 nitrogen and oxygen atoms in total. The molecule has 0 saturated carbocycles. The van der Waals surface area contributed by atoms with Gasteiger partial charge in [0.15, 0.2) is 0 Å². The van der Waals surface area contributed by atoms with Gasteiger partial charge in [0.25, 0.3) is 5.91 Å². The Morgan fingerprint density at radius 3 is 1.41 bits per heavy atom. The first kappa shape index (κ1) is 71.5. The molecule has 434 valence electrons. The standard InChI is InChI=1S/C14H15NO3.C13H19NO2.C12H18N2O3S.C9H9NO.C7H11NO2.C5H9NO/c1-9(2)13(16)15-11-5-7-12(8-6-11)18-14(17)10(3)4;1-5-13(2,3)12(15)14-10-6-8-11(16-4)9-7-10;1-4-12(2,3)11(15)14-9-5-7-10(8-6-9)18(13,16)17;1-2-9(11)10-8-6-4-3-5-7-8;1-2-7(9)8-3-5-10-6-4-8;1-4-5(7)6(2)3/h5-8H,1,3H2,2,4H3,(H,15,16);6-9H,5H2,1-4H3,(H,14,15);5-8H,4H2,1-3H3,(H,14,15)(H2,13,16,17);2-7H,1H2,(H,10,11);2H,1,3-6H2;4H,1H2,2-3H3. The van der Waals surface area contributed by atoms with Gasteiger partial charge >= 0.3 is 5.97 Å². The van der Waals surface area contributed by atoms with Crippen LogP contribution < -0.4 is 35.9 Å². The van der Waals surface area contributed by atoms with Gasteiger partial charge in [0.2, 0.25) is 39.6 Å². The smallest absolute Gasteiger partial charge is 0.338 e. The Morgan fingerprint density at radius 1 is 0.637 bits per heavy atom. The third-order valence-electron chi connectivity index (χ3n) is 11.2. The van der Waals surface area contributed by atoms with Gasteiger partial charge in [0.05, 0.1) is 25.2 Å². The number of hydrogen-bond donors (Lipinski definition) is 5. The molecule has 0 bridgehead atoms. The van der Waals surface area contributed by atoms with Crippen molar-refractivity contribution in [1.82, 2.24) is 9.80 Å². The molecule has 20 heteroatoms. The molecule has 0 aliphatic carbocycles. The summed E-state index contributed by atoms with van der Waals surface area (Å²) in [5, 5.41) is 15.9. The highest BCUT2D eigenvalue weighted by atomic mass is 32.2. The molecule has 80 heavy (non-hydrogen) atoms. The fourth-order valence-electron chi connectivity index (χ4n) is 5.17. The van der Waals surface area contributed by atoms with E-state index < -0.39 is 21.4 Å². The molecule has 4 aromatic carbocycles. The normalized spacial score (nSPS) is 11.3. The maximum Gasteiger partial charge on any atom is 0.338 e. The second-order valence-corrected chi connectivity index (χ2v) is 20.3. The van der Waals surface area contributed by atoms with Crippen LogP contribution in [0.4, 0.5) is 22.7 Å². The molecular formula is C60H81N7O12S. The van der Waals surface area contributed by atoms with Crippen molar-refractivity contribution in [2.24, 2.45) is 16.0 Å². The Balaban J connectivity index is 0.000000960. The van der Waals surface area contributed by atoms with Gasteiger partial charge in [-0.25, -0.2) is 18.4 Å². The molecule has 0 radical (unpaired) electrons. The van der Waals surface area contributed by atoms with Gasteiger partial charge in [-0.15, -0.1) is 0 Å². The summed E-state index contributed by atoms with van der Waals surface area (Å²) < 4.78 is 37.3. The van der Waals surface area contributed by atoms with E-state index in [-0.39, 0.29) is 45.8 Å². The first-order valence-electron chi connectivity index (χ1n) is 25.1. The largest absolute Gasteiger partial charge is 0.497 e. The highest BCUT2D eigenvalue weighted by molar-refractivity contribution is 7.89. The maximum atomic E-state index is 11.9. The van der Waals surface area contributed by atoms with Crippen molar-refractivity contribution in [1.29, 1.82) is 0 Å². The van der Waals surface area contributed by atoms with E-state index in [1.165, 1.54) is 47.4 Å². The second-order valence-electron chi connectivity index (χ2n) is 18.7. The SMILES string of the molecule is C=C(C)C(=O)Nc1ccc(OC(=O)C(=C)C)cc1.C=CC(=O)N(C)C.C=CC(=O)N1CCOCC1.C=CC(=O)Nc1ccccc1.CCC(C)(C)C(=O)Nc1ccc(OC)cc1.CCC(C)(C)C(=O)Nc1ccc(S(N)(=O)=O)cc1. The maximum absolute atomic E-state index is 11.9. The zero-order valence-electron chi connectivity index (χ0n) is 48.1. The molecule has 5 rings (SSSR count). The number of carbonyl (C=O) groups is 7. The van der Waals surface area contributed by atoms with E-state index in [0.717, 1.165) is 23.5 Å². The van der Waals surface area contributed by atoms with Crippen molar-refractivity contribution in [3.63, 3.8) is 0 Å². The molecule has 1 aliphatic heterocycles. The van der Waals surface area contributed by atoms with E-state index in [1.807, 2.05) is 96.1 Å². The van der Waals surface area contributed by atoms with E-state index in [1.54, 1.807) is 64.2 Å². The van der Waals surface area contributed by atoms with Crippen LogP contribution in [-0.2, 0) is 48.3 Å². The van der Waals surface area contributed by atoms with E-state index in [2.05, 4.69) is 54.2 Å². The number of anilines is 4. The lowest BCUT2D eigenvalue weighted by Crippen LogP contribution is -2.39. The average Bonchev–Trinajstić information content (AvgIpc) is 3.44. The molecular weight excluding hydrogens is 1040 g/mol. The molecule has 0 atom stereocenters. The number of benzene rings is 4. The Bertz CT molecular complexity index is 2760. The minimum atomic E-state index is -3.69. The predicted molar refractivity (Wildman–Crippen MR) is 318 cm³/mol. The van der Waals surface area contributed by atoms with Crippen molar-refractivity contribution in [3.05, 3.63) is 165 Å². The number of morpholine rings is 1. The quantitative estimate of drug-likeness (QED) is 0.0399. The summed E-state index contributed by atoms with van der Waals surface area (Å²) in [4.78, 5) is 81.6. The highest BCUT2D eigenvalue weighted by Gasteiger charge is 2.26. The molecule has 0 aromatic heterocycles. The van der Waals surface area contributed by atoms with Gasteiger partial charge in [0, 0.05) is 71.9 Å². The average molecular weight is 1120 g/mol.